The quantitative estimate of drug-likeness (QED) is 0.293. The fraction of sp³-hybridized carbons (Fsp3) is 0.400. The highest BCUT2D eigenvalue weighted by Crippen LogP contribution is 2.19. The van der Waals surface area contributed by atoms with E-state index < -0.39 is 0 Å². The molecule has 0 spiro atoms. The molecule has 0 radical (unpaired) electrons. The van der Waals surface area contributed by atoms with E-state index in [0.29, 0.717) is 37.5 Å². The third-order valence-electron chi connectivity index (χ3n) is 6.05. The Morgan fingerprint density at radius 2 is 1.54 bits per heavy atom. The van der Waals surface area contributed by atoms with Gasteiger partial charge in [-0.25, -0.2) is 0 Å². The topological polar surface area (TPSA) is 54.8 Å². The zero-order chi connectivity index (χ0) is 26.9. The summed E-state index contributed by atoms with van der Waals surface area (Å²) in [4.78, 5) is 30.5. The summed E-state index contributed by atoms with van der Waals surface area (Å²) in [5.74, 6) is 0.970. The molecule has 0 saturated carbocycles. The van der Waals surface area contributed by atoms with Crippen LogP contribution < -0.4 is 4.74 Å². The molecule has 3 rings (SSSR count). The van der Waals surface area contributed by atoms with E-state index in [9.17, 15) is 9.59 Å². The number of carbonyl (C=O) groups excluding carboxylic acids is 2. The fourth-order valence-corrected chi connectivity index (χ4v) is 4.48. The van der Waals surface area contributed by atoms with Gasteiger partial charge in [-0.3, -0.25) is 9.59 Å². The van der Waals surface area contributed by atoms with Gasteiger partial charge in [0.05, 0.1) is 13.7 Å². The van der Waals surface area contributed by atoms with Crippen LogP contribution in [0.5, 0.6) is 5.75 Å². The molecule has 0 N–H and O–H groups in total. The molecule has 0 aliphatic rings. The van der Waals surface area contributed by atoms with Gasteiger partial charge in [0.2, 0.25) is 5.91 Å². The molecule has 3 aromatic rings. The van der Waals surface area contributed by atoms with Gasteiger partial charge in [-0.05, 0) is 59.9 Å². The van der Waals surface area contributed by atoms with Gasteiger partial charge in [0, 0.05) is 42.1 Å². The lowest BCUT2D eigenvalue weighted by Crippen LogP contribution is -2.45. The van der Waals surface area contributed by atoms with Crippen molar-refractivity contribution >= 4 is 23.4 Å². The number of hydrogen-bond acceptors (Lipinski definition) is 3. The van der Waals surface area contributed by atoms with Gasteiger partial charge in [-0.1, -0.05) is 57.5 Å². The number of benzene rings is 2. The Bertz CT molecular complexity index is 1170. The number of halogens is 1. The van der Waals surface area contributed by atoms with Crippen LogP contribution in [0.3, 0.4) is 0 Å². The van der Waals surface area contributed by atoms with Crippen molar-refractivity contribution in [1.82, 2.24) is 14.4 Å². The molecule has 0 unspecified atom stereocenters. The van der Waals surface area contributed by atoms with E-state index in [2.05, 4.69) is 18.4 Å². The fourth-order valence-electron chi connectivity index (χ4n) is 4.29. The number of nitrogens with zero attached hydrogens (tertiary/aromatic N) is 3. The first kappa shape index (κ1) is 28.3. The number of methoxy groups -OCH3 is 1. The molecule has 0 saturated heterocycles. The van der Waals surface area contributed by atoms with Crippen molar-refractivity contribution in [2.24, 2.45) is 11.8 Å². The van der Waals surface area contributed by atoms with E-state index in [4.69, 9.17) is 16.3 Å². The van der Waals surface area contributed by atoms with Crippen molar-refractivity contribution in [3.05, 3.63) is 88.7 Å². The lowest BCUT2D eigenvalue weighted by molar-refractivity contribution is -0.133. The minimum Gasteiger partial charge on any atom is -0.497 e. The summed E-state index contributed by atoms with van der Waals surface area (Å²) in [6, 6.07) is 18.8. The zero-order valence-electron chi connectivity index (χ0n) is 22.5. The van der Waals surface area contributed by atoms with Gasteiger partial charge in [0.1, 0.15) is 12.3 Å². The predicted octanol–water partition coefficient (Wildman–Crippen LogP) is 5.98. The van der Waals surface area contributed by atoms with Gasteiger partial charge in [0.25, 0.3) is 5.91 Å². The van der Waals surface area contributed by atoms with Crippen LogP contribution in [-0.2, 0) is 17.9 Å². The molecule has 0 aliphatic carbocycles. The van der Waals surface area contributed by atoms with Gasteiger partial charge < -0.3 is 19.1 Å². The smallest absolute Gasteiger partial charge is 0.254 e. The molecule has 0 atom stereocenters. The zero-order valence-corrected chi connectivity index (χ0v) is 23.2. The monoisotopic (exact) mass is 523 g/mol. The molecular weight excluding hydrogens is 486 g/mol. The SMILES string of the molecule is COc1ccc(C(=O)N(CC(=O)N(Cc2cccn2Cc2ccccc2Cl)CC(C)C)CC(C)C)cc1. The Balaban J connectivity index is 1.79. The maximum atomic E-state index is 13.6. The number of carbonyl (C=O) groups is 2. The van der Waals surface area contributed by atoms with Crippen LogP contribution in [-0.4, -0.2) is 52.9 Å². The molecule has 2 aromatic carbocycles. The molecule has 2 amide bonds. The molecule has 0 bridgehead atoms. The van der Waals surface area contributed by atoms with Crippen LogP contribution in [0.2, 0.25) is 5.02 Å². The first-order valence-corrected chi connectivity index (χ1v) is 13.1. The van der Waals surface area contributed by atoms with Gasteiger partial charge in [-0.2, -0.15) is 0 Å². The molecule has 1 aromatic heterocycles. The summed E-state index contributed by atoms with van der Waals surface area (Å²) >= 11 is 6.39. The molecule has 6 nitrogen and oxygen atoms in total. The molecule has 0 aliphatic heterocycles. The summed E-state index contributed by atoms with van der Waals surface area (Å²) in [6.07, 6.45) is 2.01. The highest BCUT2D eigenvalue weighted by molar-refractivity contribution is 6.31. The van der Waals surface area contributed by atoms with Crippen LogP contribution in [0.25, 0.3) is 0 Å². The number of rotatable bonds is 12. The van der Waals surface area contributed by atoms with Crippen LogP contribution in [0.15, 0.2) is 66.9 Å². The van der Waals surface area contributed by atoms with E-state index in [1.54, 1.807) is 36.3 Å². The lowest BCUT2D eigenvalue weighted by atomic mass is 10.1. The van der Waals surface area contributed by atoms with Crippen molar-refractivity contribution in [3.8, 4) is 5.75 Å². The number of ether oxygens (including phenoxy) is 1. The third kappa shape index (κ3) is 8.12. The average molecular weight is 524 g/mol. The van der Waals surface area contributed by atoms with Crippen molar-refractivity contribution in [2.45, 2.75) is 40.8 Å². The maximum Gasteiger partial charge on any atom is 0.254 e. The van der Waals surface area contributed by atoms with E-state index >= 15 is 0 Å². The average Bonchev–Trinajstić information content (AvgIpc) is 3.30. The van der Waals surface area contributed by atoms with Crippen LogP contribution >= 0.6 is 11.6 Å². The first-order valence-electron chi connectivity index (χ1n) is 12.8. The van der Waals surface area contributed by atoms with Crippen molar-refractivity contribution in [1.29, 1.82) is 0 Å². The summed E-state index contributed by atoms with van der Waals surface area (Å²) in [5.41, 5.74) is 2.58. The molecule has 7 heteroatoms. The van der Waals surface area contributed by atoms with Gasteiger partial charge >= 0.3 is 0 Å². The summed E-state index contributed by atoms with van der Waals surface area (Å²) in [6.45, 7) is 10.5. The third-order valence-corrected chi connectivity index (χ3v) is 6.42. The summed E-state index contributed by atoms with van der Waals surface area (Å²) < 4.78 is 7.34. The Morgan fingerprint density at radius 1 is 0.892 bits per heavy atom. The second-order valence-electron chi connectivity index (χ2n) is 10.2. The second kappa shape index (κ2) is 13.3. The minimum atomic E-state index is -0.156. The molecule has 37 heavy (non-hydrogen) atoms. The minimum absolute atomic E-state index is 0.0288. The van der Waals surface area contributed by atoms with Crippen LogP contribution in [0.1, 0.15) is 49.3 Å². The Morgan fingerprint density at radius 3 is 2.16 bits per heavy atom. The summed E-state index contributed by atoms with van der Waals surface area (Å²) in [7, 11) is 1.59. The van der Waals surface area contributed by atoms with Gasteiger partial charge in [0.15, 0.2) is 0 Å². The Hall–Kier alpha value is -3.25. The highest BCUT2D eigenvalue weighted by Gasteiger charge is 2.24. The van der Waals surface area contributed by atoms with E-state index in [1.807, 2.05) is 61.3 Å². The van der Waals surface area contributed by atoms with Crippen molar-refractivity contribution in [3.63, 3.8) is 0 Å². The number of amides is 2. The maximum absolute atomic E-state index is 13.6. The van der Waals surface area contributed by atoms with Crippen molar-refractivity contribution in [2.75, 3.05) is 26.7 Å². The molecule has 0 fully saturated rings. The predicted molar refractivity (Wildman–Crippen MR) is 149 cm³/mol. The second-order valence-corrected chi connectivity index (χ2v) is 10.6. The Kier molecular flexibility index (Phi) is 10.2. The lowest BCUT2D eigenvalue weighted by Gasteiger charge is -2.30. The van der Waals surface area contributed by atoms with E-state index in [0.717, 1.165) is 16.3 Å². The largest absolute Gasteiger partial charge is 0.497 e. The first-order chi connectivity index (χ1) is 17.7. The summed E-state index contributed by atoms with van der Waals surface area (Å²) in [5, 5.41) is 0.721. The van der Waals surface area contributed by atoms with Crippen LogP contribution in [0, 0.1) is 11.8 Å². The van der Waals surface area contributed by atoms with Crippen LogP contribution in [0.4, 0.5) is 0 Å². The van der Waals surface area contributed by atoms with E-state index in [1.165, 1.54) is 0 Å². The molecular formula is C30H38ClN3O3. The standard InChI is InChI=1S/C30H38ClN3O3/c1-22(2)17-33(20-26-10-8-16-32(26)19-25-9-6-7-11-28(25)31)29(35)21-34(18-23(3)4)30(36)24-12-14-27(37-5)15-13-24/h6-16,22-23H,17-21H2,1-5H3. The number of hydrogen-bond donors (Lipinski definition) is 0. The molecule has 198 valence electrons. The number of aromatic nitrogens is 1. The van der Waals surface area contributed by atoms with Crippen molar-refractivity contribution < 1.29 is 14.3 Å². The van der Waals surface area contributed by atoms with Gasteiger partial charge in [-0.15, -0.1) is 0 Å². The highest BCUT2D eigenvalue weighted by atomic mass is 35.5. The van der Waals surface area contributed by atoms with E-state index in [-0.39, 0.29) is 30.2 Å². The molecule has 1 heterocycles. The normalized spacial score (nSPS) is 11.1. The Labute approximate surface area is 225 Å².